The highest BCUT2D eigenvalue weighted by Gasteiger charge is 2.28. The van der Waals surface area contributed by atoms with Gasteiger partial charge in [-0.15, -0.1) is 0 Å². The Kier molecular flexibility index (Phi) is 6.45. The van der Waals surface area contributed by atoms with Gasteiger partial charge in [0.25, 0.3) is 0 Å². The van der Waals surface area contributed by atoms with Crippen LogP contribution in [0.1, 0.15) is 12.0 Å². The van der Waals surface area contributed by atoms with Gasteiger partial charge in [0, 0.05) is 13.1 Å². The molecule has 0 heterocycles. The lowest BCUT2D eigenvalue weighted by Crippen LogP contribution is -2.45. The topological polar surface area (TPSA) is 52.7 Å². The summed E-state index contributed by atoms with van der Waals surface area (Å²) < 4.78 is 0. The molecule has 1 unspecified atom stereocenters. The molecular formula is C15H27N3O. The molecule has 0 bridgehead atoms. The van der Waals surface area contributed by atoms with E-state index in [1.807, 2.05) is 37.4 Å². The molecule has 0 aliphatic rings. The first kappa shape index (κ1) is 16.1. The van der Waals surface area contributed by atoms with Crippen LogP contribution in [-0.4, -0.2) is 62.2 Å². The molecule has 0 fully saturated rings. The van der Waals surface area contributed by atoms with E-state index in [-0.39, 0.29) is 6.54 Å². The first-order valence-electron chi connectivity index (χ1n) is 6.79. The second-order valence-corrected chi connectivity index (χ2v) is 5.50. The summed E-state index contributed by atoms with van der Waals surface area (Å²) in [6.45, 7) is 2.79. The lowest BCUT2D eigenvalue weighted by atomic mass is 9.93. The normalized spacial score (nSPS) is 14.9. The quantitative estimate of drug-likeness (QED) is 0.727. The first-order chi connectivity index (χ1) is 8.98. The number of likely N-dealkylation sites (N-methyl/N-ethyl adjacent to an activating group) is 1. The van der Waals surface area contributed by atoms with Gasteiger partial charge < -0.3 is 20.6 Å². The molecule has 0 saturated carbocycles. The van der Waals surface area contributed by atoms with Gasteiger partial charge in [0.2, 0.25) is 0 Å². The number of aliphatic hydroxyl groups is 1. The molecule has 0 aliphatic carbocycles. The Morgan fingerprint density at radius 2 is 1.74 bits per heavy atom. The van der Waals surface area contributed by atoms with Crippen LogP contribution in [0.3, 0.4) is 0 Å². The van der Waals surface area contributed by atoms with Crippen LogP contribution in [0, 0.1) is 0 Å². The third kappa shape index (κ3) is 5.28. The Labute approximate surface area is 116 Å². The van der Waals surface area contributed by atoms with Crippen molar-refractivity contribution in [2.45, 2.75) is 12.0 Å². The molecule has 4 nitrogen and oxygen atoms in total. The van der Waals surface area contributed by atoms with E-state index in [9.17, 15) is 5.11 Å². The van der Waals surface area contributed by atoms with Crippen LogP contribution in [0.15, 0.2) is 30.3 Å². The Bertz CT molecular complexity index is 356. The zero-order valence-electron chi connectivity index (χ0n) is 12.3. The van der Waals surface area contributed by atoms with Crippen LogP contribution >= 0.6 is 0 Å². The van der Waals surface area contributed by atoms with E-state index >= 15 is 0 Å². The molecule has 1 rings (SSSR count). The maximum absolute atomic E-state index is 10.7. The number of rotatable bonds is 8. The molecule has 108 valence electrons. The van der Waals surface area contributed by atoms with Gasteiger partial charge >= 0.3 is 0 Å². The SMILES string of the molecule is CN(C)CCCN(C)CC(O)(CN)c1ccccc1. The molecule has 0 radical (unpaired) electrons. The van der Waals surface area contributed by atoms with Gasteiger partial charge in [-0.25, -0.2) is 0 Å². The van der Waals surface area contributed by atoms with E-state index in [1.165, 1.54) is 0 Å². The number of benzene rings is 1. The molecule has 0 amide bonds. The standard InChI is InChI=1S/C15H27N3O/c1-17(2)10-7-11-18(3)13-15(19,12-16)14-8-5-4-6-9-14/h4-6,8-9,19H,7,10-13,16H2,1-3H3. The lowest BCUT2D eigenvalue weighted by molar-refractivity contribution is 0.0133. The second-order valence-electron chi connectivity index (χ2n) is 5.50. The van der Waals surface area contributed by atoms with Crippen molar-refractivity contribution < 1.29 is 5.11 Å². The van der Waals surface area contributed by atoms with E-state index in [0.29, 0.717) is 6.54 Å². The Hall–Kier alpha value is -0.940. The summed E-state index contributed by atoms with van der Waals surface area (Å²) in [6, 6.07) is 9.67. The van der Waals surface area contributed by atoms with Crippen molar-refractivity contribution in [3.63, 3.8) is 0 Å². The average molecular weight is 265 g/mol. The zero-order chi connectivity index (χ0) is 14.3. The van der Waals surface area contributed by atoms with Crippen molar-refractivity contribution in [1.29, 1.82) is 0 Å². The van der Waals surface area contributed by atoms with Crippen LogP contribution in [-0.2, 0) is 5.60 Å². The molecule has 0 saturated heterocycles. The summed E-state index contributed by atoms with van der Waals surface area (Å²) in [5.74, 6) is 0. The molecule has 19 heavy (non-hydrogen) atoms. The minimum Gasteiger partial charge on any atom is -0.382 e. The fourth-order valence-electron chi connectivity index (χ4n) is 2.20. The van der Waals surface area contributed by atoms with E-state index < -0.39 is 5.60 Å². The van der Waals surface area contributed by atoms with Gasteiger partial charge in [0.05, 0.1) is 0 Å². The maximum Gasteiger partial charge on any atom is 0.114 e. The molecular weight excluding hydrogens is 238 g/mol. The van der Waals surface area contributed by atoms with Crippen LogP contribution < -0.4 is 5.73 Å². The van der Waals surface area contributed by atoms with Crippen LogP contribution in [0.25, 0.3) is 0 Å². The molecule has 0 aliphatic heterocycles. The van der Waals surface area contributed by atoms with Crippen molar-refractivity contribution in [2.24, 2.45) is 5.73 Å². The van der Waals surface area contributed by atoms with E-state index in [0.717, 1.165) is 25.1 Å². The molecule has 0 aromatic heterocycles. The molecule has 4 heteroatoms. The average Bonchev–Trinajstić information content (AvgIpc) is 2.39. The Morgan fingerprint density at radius 1 is 1.11 bits per heavy atom. The van der Waals surface area contributed by atoms with Crippen LogP contribution in [0.4, 0.5) is 0 Å². The molecule has 1 aromatic carbocycles. The zero-order valence-corrected chi connectivity index (χ0v) is 12.3. The van der Waals surface area contributed by atoms with Gasteiger partial charge in [-0.3, -0.25) is 0 Å². The van der Waals surface area contributed by atoms with Crippen molar-refractivity contribution in [3.05, 3.63) is 35.9 Å². The second kappa shape index (κ2) is 7.60. The van der Waals surface area contributed by atoms with Crippen molar-refractivity contribution in [1.82, 2.24) is 9.80 Å². The smallest absolute Gasteiger partial charge is 0.114 e. The third-order valence-electron chi connectivity index (χ3n) is 3.33. The summed E-state index contributed by atoms with van der Waals surface area (Å²) in [6.07, 6.45) is 1.08. The van der Waals surface area contributed by atoms with Crippen molar-refractivity contribution >= 4 is 0 Å². The van der Waals surface area contributed by atoms with E-state index in [1.54, 1.807) is 0 Å². The van der Waals surface area contributed by atoms with Crippen LogP contribution in [0.5, 0.6) is 0 Å². The Balaban J connectivity index is 2.56. The highest BCUT2D eigenvalue weighted by molar-refractivity contribution is 5.23. The molecule has 0 spiro atoms. The van der Waals surface area contributed by atoms with Gasteiger partial charge in [0.1, 0.15) is 5.60 Å². The maximum atomic E-state index is 10.7. The number of nitrogens with two attached hydrogens (primary N) is 1. The van der Waals surface area contributed by atoms with Gasteiger partial charge in [-0.05, 0) is 46.2 Å². The summed E-state index contributed by atoms with van der Waals surface area (Å²) >= 11 is 0. The van der Waals surface area contributed by atoms with Crippen molar-refractivity contribution in [3.8, 4) is 0 Å². The highest BCUT2D eigenvalue weighted by atomic mass is 16.3. The fraction of sp³-hybridized carbons (Fsp3) is 0.600. The minimum atomic E-state index is -0.964. The number of hydrogen-bond donors (Lipinski definition) is 2. The largest absolute Gasteiger partial charge is 0.382 e. The summed E-state index contributed by atoms with van der Waals surface area (Å²) in [5, 5.41) is 10.7. The lowest BCUT2D eigenvalue weighted by Gasteiger charge is -2.32. The third-order valence-corrected chi connectivity index (χ3v) is 3.33. The van der Waals surface area contributed by atoms with Crippen LogP contribution in [0.2, 0.25) is 0 Å². The molecule has 1 aromatic rings. The first-order valence-corrected chi connectivity index (χ1v) is 6.79. The van der Waals surface area contributed by atoms with Crippen molar-refractivity contribution in [2.75, 3.05) is 47.3 Å². The fourth-order valence-corrected chi connectivity index (χ4v) is 2.20. The molecule has 3 N–H and O–H groups in total. The minimum absolute atomic E-state index is 0.231. The van der Waals surface area contributed by atoms with Gasteiger partial charge in [-0.1, -0.05) is 30.3 Å². The predicted octanol–water partition coefficient (Wildman–Crippen LogP) is 0.716. The Morgan fingerprint density at radius 3 is 2.26 bits per heavy atom. The number of nitrogens with zero attached hydrogens (tertiary/aromatic N) is 2. The highest BCUT2D eigenvalue weighted by Crippen LogP contribution is 2.20. The van der Waals surface area contributed by atoms with Gasteiger partial charge in [-0.2, -0.15) is 0 Å². The predicted molar refractivity (Wildman–Crippen MR) is 80.1 cm³/mol. The van der Waals surface area contributed by atoms with E-state index in [4.69, 9.17) is 5.73 Å². The number of hydrogen-bond acceptors (Lipinski definition) is 4. The van der Waals surface area contributed by atoms with Gasteiger partial charge in [0.15, 0.2) is 0 Å². The molecule has 1 atom stereocenters. The van der Waals surface area contributed by atoms with E-state index in [2.05, 4.69) is 23.9 Å². The summed E-state index contributed by atoms with van der Waals surface area (Å²) in [4.78, 5) is 4.31. The monoisotopic (exact) mass is 265 g/mol. The summed E-state index contributed by atoms with van der Waals surface area (Å²) in [7, 11) is 6.17. The summed E-state index contributed by atoms with van der Waals surface area (Å²) in [5.41, 5.74) is 5.70.